The highest BCUT2D eigenvalue weighted by molar-refractivity contribution is 7.89. The van der Waals surface area contributed by atoms with E-state index in [9.17, 15) is 17.6 Å². The Labute approximate surface area is 245 Å². The van der Waals surface area contributed by atoms with Crippen molar-refractivity contribution in [3.05, 3.63) is 53.0 Å². The molecular weight excluding hydrogens is 573 g/mol. The maximum Gasteiger partial charge on any atom is 0.243 e. The summed E-state index contributed by atoms with van der Waals surface area (Å²) in [5.41, 5.74) is 2.40. The van der Waals surface area contributed by atoms with Crippen LogP contribution in [0.2, 0.25) is 0 Å². The van der Waals surface area contributed by atoms with Crippen LogP contribution in [0.1, 0.15) is 30.8 Å². The molecule has 0 spiro atoms. The van der Waals surface area contributed by atoms with Gasteiger partial charge >= 0.3 is 0 Å². The van der Waals surface area contributed by atoms with Gasteiger partial charge in [0.15, 0.2) is 0 Å². The van der Waals surface area contributed by atoms with Crippen molar-refractivity contribution in [1.82, 2.24) is 19.5 Å². The SMILES string of the molecule is CC1(C)CNc2c(cccc2S(=O)(=O)N[C@@H](Cc2nc3ccccc3s2)C(=O)N2CCN(CCCF)CC2)C1.Cl. The number of rotatable bonds is 9. The smallest absolute Gasteiger partial charge is 0.243 e. The fourth-order valence-corrected chi connectivity index (χ4v) is 7.79. The molecule has 0 aliphatic carbocycles. The van der Waals surface area contributed by atoms with Gasteiger partial charge in [0.05, 0.1) is 27.6 Å². The first-order valence-corrected chi connectivity index (χ1v) is 15.7. The summed E-state index contributed by atoms with van der Waals surface area (Å²) in [6.07, 6.45) is 1.40. The van der Waals surface area contributed by atoms with Crippen LogP contribution in [0.4, 0.5) is 10.1 Å². The van der Waals surface area contributed by atoms with Gasteiger partial charge in [0, 0.05) is 45.7 Å². The third-order valence-corrected chi connectivity index (χ3v) is 9.99. The van der Waals surface area contributed by atoms with Crippen LogP contribution in [0.25, 0.3) is 10.2 Å². The van der Waals surface area contributed by atoms with E-state index in [0.29, 0.717) is 56.4 Å². The molecule has 1 fully saturated rings. The number of carbonyl (C=O) groups excluding carboxylic acids is 1. The van der Waals surface area contributed by atoms with Crippen molar-refractivity contribution in [2.45, 2.75) is 44.0 Å². The van der Waals surface area contributed by atoms with Crippen LogP contribution < -0.4 is 10.0 Å². The zero-order chi connectivity index (χ0) is 27.6. The molecule has 3 heterocycles. The standard InChI is InChI=1S/C28H36FN5O3S2.ClH/c1-28(2)18-20-7-5-10-24(26(20)30-19-28)39(36,37)32-22(17-25-31-21-8-3-4-9-23(21)38-25)27(35)34-15-13-33(14-16-34)12-6-11-29;/h3-5,7-10,22,30,32H,6,11-19H2,1-2H3;1H/t22-;/m0./s1. The summed E-state index contributed by atoms with van der Waals surface area (Å²) in [4.78, 5) is 22.5. The number of alkyl halides is 1. The number of piperazine rings is 1. The van der Waals surface area contributed by atoms with Crippen LogP contribution in [-0.4, -0.2) is 81.1 Å². The molecule has 2 aliphatic rings. The van der Waals surface area contributed by atoms with Crippen molar-refractivity contribution < 1.29 is 17.6 Å². The average Bonchev–Trinajstić information content (AvgIpc) is 3.32. The first kappa shape index (κ1) is 30.6. The summed E-state index contributed by atoms with van der Waals surface area (Å²) in [5.74, 6) is -0.262. The van der Waals surface area contributed by atoms with Crippen molar-refractivity contribution >= 4 is 55.6 Å². The van der Waals surface area contributed by atoms with E-state index >= 15 is 0 Å². The van der Waals surface area contributed by atoms with Gasteiger partial charge in [0.1, 0.15) is 10.9 Å². The van der Waals surface area contributed by atoms with E-state index < -0.39 is 16.1 Å². The molecule has 2 aliphatic heterocycles. The van der Waals surface area contributed by atoms with E-state index in [1.165, 1.54) is 11.3 Å². The molecule has 1 saturated heterocycles. The number of sulfonamides is 1. The fourth-order valence-electron chi connectivity index (χ4n) is 5.36. The number of nitrogens with one attached hydrogen (secondary N) is 2. The molecule has 8 nitrogen and oxygen atoms in total. The zero-order valence-corrected chi connectivity index (χ0v) is 25.3. The fraction of sp³-hybridized carbons (Fsp3) is 0.500. The number of hydrogen-bond acceptors (Lipinski definition) is 7. The van der Waals surface area contributed by atoms with E-state index in [-0.39, 0.29) is 41.7 Å². The molecule has 2 aromatic carbocycles. The average molecular weight is 610 g/mol. The van der Waals surface area contributed by atoms with Crippen LogP contribution in [0.15, 0.2) is 47.4 Å². The van der Waals surface area contributed by atoms with Gasteiger partial charge in [-0.25, -0.2) is 13.4 Å². The lowest BCUT2D eigenvalue weighted by atomic mass is 9.82. The lowest BCUT2D eigenvalue weighted by Crippen LogP contribution is -2.55. The molecule has 1 aromatic heterocycles. The summed E-state index contributed by atoms with van der Waals surface area (Å²) in [5, 5.41) is 4.03. The van der Waals surface area contributed by atoms with E-state index in [0.717, 1.165) is 22.2 Å². The summed E-state index contributed by atoms with van der Waals surface area (Å²) in [7, 11) is -4.03. The molecule has 1 atom stereocenters. The van der Waals surface area contributed by atoms with Gasteiger partial charge < -0.3 is 10.2 Å². The molecule has 0 saturated carbocycles. The van der Waals surface area contributed by atoms with Gasteiger partial charge in [-0.15, -0.1) is 23.7 Å². The molecule has 0 bridgehead atoms. The number of carbonyl (C=O) groups is 1. The molecule has 218 valence electrons. The van der Waals surface area contributed by atoms with E-state index in [4.69, 9.17) is 0 Å². The van der Waals surface area contributed by atoms with E-state index in [1.54, 1.807) is 17.0 Å². The number of benzene rings is 2. The Bertz CT molecular complexity index is 1410. The van der Waals surface area contributed by atoms with Crippen molar-refractivity contribution in [1.29, 1.82) is 0 Å². The Hall–Kier alpha value is -2.31. The van der Waals surface area contributed by atoms with Gasteiger partial charge in [0.25, 0.3) is 0 Å². The van der Waals surface area contributed by atoms with Gasteiger partial charge in [-0.1, -0.05) is 38.1 Å². The summed E-state index contributed by atoms with van der Waals surface area (Å²) in [6, 6.07) is 12.0. The van der Waals surface area contributed by atoms with Crippen LogP contribution in [0, 0.1) is 5.41 Å². The van der Waals surface area contributed by atoms with E-state index in [2.05, 4.69) is 33.8 Å². The molecule has 12 heteroatoms. The van der Waals surface area contributed by atoms with E-state index in [1.807, 2.05) is 30.3 Å². The third-order valence-electron chi connectivity index (χ3n) is 7.42. The van der Waals surface area contributed by atoms with Gasteiger partial charge in [-0.2, -0.15) is 4.72 Å². The monoisotopic (exact) mass is 609 g/mol. The number of nitrogens with zero attached hydrogens (tertiary/aromatic N) is 3. The Morgan fingerprint density at radius 2 is 1.90 bits per heavy atom. The molecule has 3 aromatic rings. The zero-order valence-electron chi connectivity index (χ0n) is 22.9. The number of hydrogen-bond donors (Lipinski definition) is 2. The molecular formula is C28H37ClFN5O3S2. The first-order valence-electron chi connectivity index (χ1n) is 13.4. The molecule has 5 rings (SSSR count). The molecule has 1 amide bonds. The highest BCUT2D eigenvalue weighted by Crippen LogP contribution is 2.36. The Morgan fingerprint density at radius 1 is 1.15 bits per heavy atom. The van der Waals surface area contributed by atoms with Crippen LogP contribution in [0.5, 0.6) is 0 Å². The Balaban J connectivity index is 0.00000370. The second-order valence-electron chi connectivity index (χ2n) is 11.1. The van der Waals surface area contributed by atoms with Crippen LogP contribution >= 0.6 is 23.7 Å². The van der Waals surface area contributed by atoms with Gasteiger partial charge in [0.2, 0.25) is 15.9 Å². The van der Waals surface area contributed by atoms with Crippen molar-refractivity contribution in [2.75, 3.05) is 51.3 Å². The first-order chi connectivity index (χ1) is 18.6. The normalized spacial score (nSPS) is 18.0. The number of aromatic nitrogens is 1. The predicted octanol–water partition coefficient (Wildman–Crippen LogP) is 4.11. The van der Waals surface area contributed by atoms with Crippen molar-refractivity contribution in [3.63, 3.8) is 0 Å². The summed E-state index contributed by atoms with van der Waals surface area (Å²) >= 11 is 1.47. The maximum atomic E-state index is 13.8. The third kappa shape index (κ3) is 6.94. The van der Waals surface area contributed by atoms with Crippen LogP contribution in [-0.2, 0) is 27.7 Å². The van der Waals surface area contributed by atoms with Crippen molar-refractivity contribution in [3.8, 4) is 0 Å². The number of amides is 1. The highest BCUT2D eigenvalue weighted by atomic mass is 35.5. The Morgan fingerprint density at radius 3 is 2.62 bits per heavy atom. The quantitative estimate of drug-likeness (QED) is 0.379. The second kappa shape index (κ2) is 12.7. The minimum Gasteiger partial charge on any atom is -0.383 e. The Kier molecular flexibility index (Phi) is 9.72. The lowest BCUT2D eigenvalue weighted by Gasteiger charge is -2.36. The lowest BCUT2D eigenvalue weighted by molar-refractivity contribution is -0.134. The number of thiazole rings is 1. The number of halogens is 2. The van der Waals surface area contributed by atoms with Crippen molar-refractivity contribution in [2.24, 2.45) is 5.41 Å². The summed E-state index contributed by atoms with van der Waals surface area (Å²) < 4.78 is 44.0. The molecule has 0 radical (unpaired) electrons. The number of para-hydroxylation sites is 2. The maximum absolute atomic E-state index is 13.8. The number of anilines is 1. The number of fused-ring (bicyclic) bond motifs is 2. The molecule has 40 heavy (non-hydrogen) atoms. The minimum atomic E-state index is -4.03. The van der Waals surface area contributed by atoms with Crippen LogP contribution in [0.3, 0.4) is 0 Å². The topological polar surface area (TPSA) is 94.6 Å². The second-order valence-corrected chi connectivity index (χ2v) is 13.9. The molecule has 0 unspecified atom stereocenters. The van der Waals surface area contributed by atoms with Gasteiger partial charge in [-0.05, 0) is 42.0 Å². The minimum absolute atomic E-state index is 0. The van der Waals surface area contributed by atoms with Gasteiger partial charge in [-0.3, -0.25) is 14.1 Å². The summed E-state index contributed by atoms with van der Waals surface area (Å²) in [6.45, 7) is 7.47. The predicted molar refractivity (Wildman–Crippen MR) is 161 cm³/mol. The molecule has 2 N–H and O–H groups in total. The highest BCUT2D eigenvalue weighted by Gasteiger charge is 2.35. The largest absolute Gasteiger partial charge is 0.383 e.